The molecular weight excluding hydrogens is 344 g/mol. The first-order chi connectivity index (χ1) is 11.6. The summed E-state index contributed by atoms with van der Waals surface area (Å²) in [4.78, 5) is 13.7. The molecular formula is C17H16N2O3S2. The van der Waals surface area contributed by atoms with Crippen molar-refractivity contribution in [3.63, 3.8) is 0 Å². The van der Waals surface area contributed by atoms with Crippen molar-refractivity contribution in [3.8, 4) is 0 Å². The Balaban J connectivity index is 2.10. The number of anilines is 1. The molecule has 0 fully saturated rings. The number of thioether (sulfide) groups is 1. The molecule has 1 unspecified atom stereocenters. The highest BCUT2D eigenvalue weighted by molar-refractivity contribution is 8.02. The van der Waals surface area contributed by atoms with Gasteiger partial charge in [0.1, 0.15) is 21.8 Å². The van der Waals surface area contributed by atoms with E-state index in [0.29, 0.717) is 16.9 Å². The van der Waals surface area contributed by atoms with E-state index in [1.807, 2.05) is 47.4 Å². The quantitative estimate of drug-likeness (QED) is 0.800. The first-order valence-electron chi connectivity index (χ1n) is 7.27. The van der Waals surface area contributed by atoms with Crippen molar-refractivity contribution in [1.82, 2.24) is 0 Å². The molecule has 0 saturated heterocycles. The van der Waals surface area contributed by atoms with Crippen LogP contribution in [0.4, 0.5) is 5.69 Å². The van der Waals surface area contributed by atoms with E-state index < -0.39 is 16.6 Å². The molecule has 1 heterocycles. The highest BCUT2D eigenvalue weighted by Crippen LogP contribution is 2.46. The number of amides is 1. The summed E-state index contributed by atoms with van der Waals surface area (Å²) < 4.78 is 22.4. The van der Waals surface area contributed by atoms with Gasteiger partial charge in [0, 0.05) is 11.1 Å². The van der Waals surface area contributed by atoms with Crippen LogP contribution in [-0.2, 0) is 21.3 Å². The number of rotatable bonds is 5. The molecule has 0 bridgehead atoms. The molecule has 2 N–H and O–H groups in total. The monoisotopic (exact) mass is 360 g/mol. The maximum atomic E-state index is 11.9. The summed E-state index contributed by atoms with van der Waals surface area (Å²) in [5, 5.41) is 1.56. The maximum absolute atomic E-state index is 11.9. The van der Waals surface area contributed by atoms with E-state index in [2.05, 4.69) is 0 Å². The van der Waals surface area contributed by atoms with Crippen LogP contribution < -0.4 is 10.6 Å². The smallest absolute Gasteiger partial charge is 0.265 e. The summed E-state index contributed by atoms with van der Waals surface area (Å²) in [5.41, 5.74) is 8.23. The van der Waals surface area contributed by atoms with Gasteiger partial charge in [-0.3, -0.25) is 4.79 Å². The van der Waals surface area contributed by atoms with Crippen LogP contribution in [0.1, 0.15) is 16.5 Å². The van der Waals surface area contributed by atoms with Gasteiger partial charge in [-0.15, -0.1) is 11.8 Å². The molecule has 0 saturated carbocycles. The molecule has 24 heavy (non-hydrogen) atoms. The van der Waals surface area contributed by atoms with Crippen molar-refractivity contribution >= 4 is 34.1 Å². The zero-order chi connectivity index (χ0) is 17.1. The van der Waals surface area contributed by atoms with Gasteiger partial charge in [-0.05, 0) is 17.2 Å². The third kappa shape index (κ3) is 3.32. The van der Waals surface area contributed by atoms with E-state index in [1.165, 1.54) is 11.8 Å². The number of carbonyl (C=O) groups excluding carboxylic acids is 1. The van der Waals surface area contributed by atoms with Crippen LogP contribution in [0.5, 0.6) is 0 Å². The molecule has 1 amide bonds. The number of nitrogens with two attached hydrogens (primary N) is 1. The molecule has 5 nitrogen and oxygen atoms in total. The molecule has 1 aliphatic heterocycles. The zero-order valence-electron chi connectivity index (χ0n) is 12.7. The van der Waals surface area contributed by atoms with Gasteiger partial charge in [0.15, 0.2) is 0 Å². The average Bonchev–Trinajstić information content (AvgIpc) is 3.00. The highest BCUT2D eigenvalue weighted by atomic mass is 32.2. The van der Waals surface area contributed by atoms with E-state index in [4.69, 9.17) is 5.73 Å². The van der Waals surface area contributed by atoms with Gasteiger partial charge in [-0.25, -0.2) is 8.42 Å². The summed E-state index contributed by atoms with van der Waals surface area (Å²) in [6.45, 7) is 0. The van der Waals surface area contributed by atoms with E-state index in [9.17, 15) is 13.2 Å². The fraction of sp³-hybridized carbons (Fsp3) is 0.118. The Bertz CT molecular complexity index is 855. The Morgan fingerprint density at radius 2 is 1.75 bits per heavy atom. The van der Waals surface area contributed by atoms with Gasteiger partial charge in [0.2, 0.25) is 0 Å². The lowest BCUT2D eigenvalue weighted by Gasteiger charge is -2.29. The minimum Gasteiger partial charge on any atom is -0.364 e. The van der Waals surface area contributed by atoms with Gasteiger partial charge in [-0.2, -0.15) is 0 Å². The normalized spacial score (nSPS) is 17.1. The van der Waals surface area contributed by atoms with Crippen LogP contribution in [0.3, 0.4) is 0 Å². The minimum absolute atomic E-state index is 0.0831. The number of nitrogens with zero attached hydrogens (tertiary/aromatic N) is 1. The average molecular weight is 360 g/mol. The molecule has 1 aliphatic rings. The van der Waals surface area contributed by atoms with Crippen molar-refractivity contribution in [2.45, 2.75) is 11.1 Å². The second-order valence-corrected chi connectivity index (χ2v) is 7.19. The predicted octanol–water partition coefficient (Wildman–Crippen LogP) is 2.38. The summed E-state index contributed by atoms with van der Waals surface area (Å²) in [6, 6.07) is 16.9. The van der Waals surface area contributed by atoms with Gasteiger partial charge >= 0.3 is 0 Å². The van der Waals surface area contributed by atoms with Crippen molar-refractivity contribution < 1.29 is 13.2 Å². The van der Waals surface area contributed by atoms with E-state index >= 15 is 0 Å². The fourth-order valence-corrected chi connectivity index (χ4v) is 4.37. The first kappa shape index (κ1) is 16.6. The number of hydrogen-bond donors (Lipinski definition) is 2. The SMILES string of the molecule is NC(=O)C1=CSC(c2ccccc2)N1c1ccccc1C[SH](=O)=O. The number of para-hydroxylation sites is 1. The molecule has 0 radical (unpaired) electrons. The lowest BCUT2D eigenvalue weighted by atomic mass is 10.1. The molecule has 0 spiro atoms. The molecule has 2 aromatic carbocycles. The molecule has 3 rings (SSSR count). The number of carbonyl (C=O) groups is 1. The summed E-state index contributed by atoms with van der Waals surface area (Å²) >= 11 is 1.47. The van der Waals surface area contributed by atoms with E-state index in [0.717, 1.165) is 5.56 Å². The lowest BCUT2D eigenvalue weighted by molar-refractivity contribution is -0.114. The molecule has 1 atom stereocenters. The Morgan fingerprint density at radius 1 is 1.08 bits per heavy atom. The third-order valence-electron chi connectivity index (χ3n) is 3.69. The third-order valence-corrected chi connectivity index (χ3v) is 5.39. The first-order valence-corrected chi connectivity index (χ1v) is 9.58. The predicted molar refractivity (Wildman–Crippen MR) is 97.0 cm³/mol. The van der Waals surface area contributed by atoms with Gasteiger partial charge in [0.25, 0.3) is 5.91 Å². The van der Waals surface area contributed by atoms with Crippen molar-refractivity contribution in [2.75, 3.05) is 4.90 Å². The van der Waals surface area contributed by atoms with Crippen LogP contribution in [0, 0.1) is 0 Å². The van der Waals surface area contributed by atoms with Crippen molar-refractivity contribution in [1.29, 1.82) is 0 Å². The van der Waals surface area contributed by atoms with Crippen LogP contribution in [0.25, 0.3) is 0 Å². The molecule has 0 aliphatic carbocycles. The van der Waals surface area contributed by atoms with Gasteiger partial charge in [-0.1, -0.05) is 48.5 Å². The van der Waals surface area contributed by atoms with Crippen LogP contribution >= 0.6 is 11.8 Å². The zero-order valence-corrected chi connectivity index (χ0v) is 14.4. The number of benzene rings is 2. The number of primary amides is 1. The Labute approximate surface area is 146 Å². The Hall–Kier alpha value is -2.25. The molecule has 124 valence electrons. The standard InChI is InChI=1S/C17H16N2O3S2/c18-16(20)15-10-23-17(12-6-2-1-3-7-12)19(15)14-9-5-4-8-13(14)11-24(21)22/h1-10,17,24H,11H2,(H2,18,20). The second kappa shape index (κ2) is 7.11. The summed E-state index contributed by atoms with van der Waals surface area (Å²) in [7, 11) is -2.57. The number of thiol groups is 1. The fourth-order valence-electron chi connectivity index (χ4n) is 2.67. The van der Waals surface area contributed by atoms with Crippen molar-refractivity contribution in [3.05, 3.63) is 76.8 Å². The molecule has 0 aromatic heterocycles. The van der Waals surface area contributed by atoms with Crippen molar-refractivity contribution in [2.24, 2.45) is 5.73 Å². The van der Waals surface area contributed by atoms with Gasteiger partial charge in [0.05, 0.1) is 5.75 Å². The van der Waals surface area contributed by atoms with E-state index in [-0.39, 0.29) is 11.1 Å². The molecule has 2 aromatic rings. The summed E-state index contributed by atoms with van der Waals surface area (Å²) in [5.74, 6) is -0.623. The highest BCUT2D eigenvalue weighted by Gasteiger charge is 2.33. The lowest BCUT2D eigenvalue weighted by Crippen LogP contribution is -2.31. The summed E-state index contributed by atoms with van der Waals surface area (Å²) in [6.07, 6.45) is 0. The Morgan fingerprint density at radius 3 is 2.42 bits per heavy atom. The van der Waals surface area contributed by atoms with Crippen LogP contribution in [0.15, 0.2) is 65.7 Å². The van der Waals surface area contributed by atoms with Gasteiger partial charge < -0.3 is 10.6 Å². The van der Waals surface area contributed by atoms with Crippen LogP contribution in [0.2, 0.25) is 0 Å². The topological polar surface area (TPSA) is 80.5 Å². The number of hydrogen-bond acceptors (Lipinski definition) is 5. The minimum atomic E-state index is -2.57. The largest absolute Gasteiger partial charge is 0.364 e. The molecule has 7 heteroatoms. The second-order valence-electron chi connectivity index (χ2n) is 5.26. The Kier molecular flexibility index (Phi) is 4.92. The van der Waals surface area contributed by atoms with Crippen LogP contribution in [-0.4, -0.2) is 14.3 Å². The van der Waals surface area contributed by atoms with E-state index in [1.54, 1.807) is 17.5 Å². The maximum Gasteiger partial charge on any atom is 0.265 e.